The molecule has 0 radical (unpaired) electrons. The van der Waals surface area contributed by atoms with Gasteiger partial charge in [0.15, 0.2) is 0 Å². The minimum atomic E-state index is -0.453. The van der Waals surface area contributed by atoms with Gasteiger partial charge in [-0.2, -0.15) is 0 Å². The standard InChI is InChI=1S/C11H16N2O3/c1-7(5-8(2)14)13-11(16)9-3-4-10(15)12-6-9/h3-4,6-8,14H,5H2,1-2H3,(H,12,15)(H,13,16). The van der Waals surface area contributed by atoms with Gasteiger partial charge in [-0.3, -0.25) is 9.59 Å². The number of aliphatic hydroxyl groups is 1. The van der Waals surface area contributed by atoms with Crippen molar-refractivity contribution in [3.8, 4) is 0 Å². The molecule has 2 unspecified atom stereocenters. The fraction of sp³-hybridized carbons (Fsp3) is 0.455. The van der Waals surface area contributed by atoms with Crippen LogP contribution in [0.1, 0.15) is 30.6 Å². The Morgan fingerprint density at radius 3 is 2.69 bits per heavy atom. The van der Waals surface area contributed by atoms with E-state index in [0.717, 1.165) is 0 Å². The lowest BCUT2D eigenvalue weighted by atomic mass is 10.1. The highest BCUT2D eigenvalue weighted by Crippen LogP contribution is 1.99. The third-order valence-corrected chi connectivity index (χ3v) is 2.12. The molecule has 0 saturated heterocycles. The number of aromatic amines is 1. The molecule has 1 heterocycles. The van der Waals surface area contributed by atoms with Crippen LogP contribution in [0.25, 0.3) is 0 Å². The van der Waals surface area contributed by atoms with Gasteiger partial charge in [-0.25, -0.2) is 0 Å². The molecule has 88 valence electrons. The fourth-order valence-corrected chi connectivity index (χ4v) is 1.43. The van der Waals surface area contributed by atoms with Crippen LogP contribution in [0.2, 0.25) is 0 Å². The molecule has 0 aromatic carbocycles. The fourth-order valence-electron chi connectivity index (χ4n) is 1.43. The molecule has 1 amide bonds. The summed E-state index contributed by atoms with van der Waals surface area (Å²) in [6.45, 7) is 3.49. The number of nitrogens with one attached hydrogen (secondary N) is 2. The summed E-state index contributed by atoms with van der Waals surface area (Å²) in [4.78, 5) is 24.9. The third kappa shape index (κ3) is 3.86. The maximum Gasteiger partial charge on any atom is 0.252 e. The Bertz CT molecular complexity index is 391. The topological polar surface area (TPSA) is 82.2 Å². The molecule has 0 spiro atoms. The molecule has 1 rings (SSSR count). The van der Waals surface area contributed by atoms with Crippen molar-refractivity contribution >= 4 is 5.91 Å². The average Bonchev–Trinajstić information content (AvgIpc) is 2.16. The lowest BCUT2D eigenvalue weighted by Gasteiger charge is -2.15. The van der Waals surface area contributed by atoms with Crippen molar-refractivity contribution < 1.29 is 9.90 Å². The van der Waals surface area contributed by atoms with Crippen molar-refractivity contribution in [1.82, 2.24) is 10.3 Å². The molecular weight excluding hydrogens is 208 g/mol. The summed E-state index contributed by atoms with van der Waals surface area (Å²) in [6.07, 6.45) is 1.41. The van der Waals surface area contributed by atoms with Gasteiger partial charge in [-0.05, 0) is 26.3 Å². The summed E-state index contributed by atoms with van der Waals surface area (Å²) in [7, 11) is 0. The van der Waals surface area contributed by atoms with Gasteiger partial charge >= 0.3 is 0 Å². The molecule has 0 aliphatic heterocycles. The van der Waals surface area contributed by atoms with Gasteiger partial charge < -0.3 is 15.4 Å². The predicted molar refractivity (Wildman–Crippen MR) is 60.3 cm³/mol. The van der Waals surface area contributed by atoms with E-state index >= 15 is 0 Å². The highest BCUT2D eigenvalue weighted by atomic mass is 16.3. The van der Waals surface area contributed by atoms with E-state index in [1.165, 1.54) is 18.3 Å². The molecule has 1 aromatic rings. The summed E-state index contributed by atoms with van der Waals surface area (Å²) in [5, 5.41) is 11.9. The second kappa shape index (κ2) is 5.46. The van der Waals surface area contributed by atoms with E-state index in [1.54, 1.807) is 6.92 Å². The third-order valence-electron chi connectivity index (χ3n) is 2.12. The normalized spacial score (nSPS) is 14.2. The van der Waals surface area contributed by atoms with Crippen molar-refractivity contribution in [1.29, 1.82) is 0 Å². The number of H-pyrrole nitrogens is 1. The van der Waals surface area contributed by atoms with E-state index in [1.807, 2.05) is 6.92 Å². The molecule has 1 aromatic heterocycles. The quantitative estimate of drug-likeness (QED) is 0.686. The number of hydrogen-bond donors (Lipinski definition) is 3. The van der Waals surface area contributed by atoms with Gasteiger partial charge in [-0.15, -0.1) is 0 Å². The smallest absolute Gasteiger partial charge is 0.252 e. The summed E-state index contributed by atoms with van der Waals surface area (Å²) in [5.74, 6) is -0.260. The van der Waals surface area contributed by atoms with E-state index in [2.05, 4.69) is 10.3 Å². The number of aliphatic hydroxyl groups excluding tert-OH is 1. The first-order valence-electron chi connectivity index (χ1n) is 5.16. The molecule has 3 N–H and O–H groups in total. The highest BCUT2D eigenvalue weighted by Gasteiger charge is 2.11. The van der Waals surface area contributed by atoms with Crippen LogP contribution >= 0.6 is 0 Å². The molecule has 2 atom stereocenters. The Labute approximate surface area is 93.5 Å². The lowest BCUT2D eigenvalue weighted by molar-refractivity contribution is 0.0922. The van der Waals surface area contributed by atoms with E-state index in [-0.39, 0.29) is 17.5 Å². The number of pyridine rings is 1. The van der Waals surface area contributed by atoms with Crippen LogP contribution in [0.4, 0.5) is 0 Å². The second-order valence-electron chi connectivity index (χ2n) is 3.90. The van der Waals surface area contributed by atoms with E-state index < -0.39 is 6.10 Å². The number of hydrogen-bond acceptors (Lipinski definition) is 3. The molecule has 5 heteroatoms. The van der Waals surface area contributed by atoms with Crippen molar-refractivity contribution in [3.05, 3.63) is 34.2 Å². The molecule has 0 bridgehead atoms. The second-order valence-corrected chi connectivity index (χ2v) is 3.90. The minimum absolute atomic E-state index is 0.112. The summed E-state index contributed by atoms with van der Waals surface area (Å²) < 4.78 is 0. The van der Waals surface area contributed by atoms with Crippen LogP contribution in [-0.2, 0) is 0 Å². The Hall–Kier alpha value is -1.62. The monoisotopic (exact) mass is 224 g/mol. The van der Waals surface area contributed by atoms with Gasteiger partial charge in [0.1, 0.15) is 0 Å². The van der Waals surface area contributed by atoms with Crippen LogP contribution in [-0.4, -0.2) is 28.1 Å². The predicted octanol–water partition coefficient (Wildman–Crippen LogP) is 0.264. The Morgan fingerprint density at radius 1 is 1.50 bits per heavy atom. The maximum atomic E-state index is 11.6. The Balaban J connectivity index is 2.58. The number of carbonyl (C=O) groups is 1. The first-order valence-corrected chi connectivity index (χ1v) is 5.16. The van der Waals surface area contributed by atoms with Gasteiger partial charge in [0.05, 0.1) is 11.7 Å². The van der Waals surface area contributed by atoms with Crippen LogP contribution < -0.4 is 10.9 Å². The summed E-state index contributed by atoms with van der Waals surface area (Å²) >= 11 is 0. The Kier molecular flexibility index (Phi) is 4.25. The van der Waals surface area contributed by atoms with Crippen LogP contribution in [0.5, 0.6) is 0 Å². The largest absolute Gasteiger partial charge is 0.393 e. The van der Waals surface area contributed by atoms with Crippen LogP contribution in [0.15, 0.2) is 23.1 Å². The number of amides is 1. The summed E-state index contributed by atoms with van der Waals surface area (Å²) in [5.41, 5.74) is 0.158. The Morgan fingerprint density at radius 2 is 2.19 bits per heavy atom. The van der Waals surface area contributed by atoms with Crippen molar-refractivity contribution in [2.45, 2.75) is 32.4 Å². The molecule has 0 fully saturated rings. The molecule has 0 aliphatic rings. The van der Waals surface area contributed by atoms with E-state index in [4.69, 9.17) is 5.11 Å². The van der Waals surface area contributed by atoms with Crippen LogP contribution in [0.3, 0.4) is 0 Å². The zero-order valence-electron chi connectivity index (χ0n) is 9.36. The van der Waals surface area contributed by atoms with E-state index in [0.29, 0.717) is 12.0 Å². The minimum Gasteiger partial charge on any atom is -0.393 e. The first kappa shape index (κ1) is 12.4. The zero-order chi connectivity index (χ0) is 12.1. The van der Waals surface area contributed by atoms with E-state index in [9.17, 15) is 9.59 Å². The molecule has 0 aliphatic carbocycles. The molecule has 0 saturated carbocycles. The molecule has 16 heavy (non-hydrogen) atoms. The van der Waals surface area contributed by atoms with Gasteiger partial charge in [-0.1, -0.05) is 0 Å². The SMILES string of the molecule is CC(O)CC(C)NC(=O)c1ccc(=O)[nH]c1. The number of carbonyl (C=O) groups excluding carboxylic acids is 1. The number of rotatable bonds is 4. The maximum absolute atomic E-state index is 11.6. The first-order chi connectivity index (χ1) is 7.49. The average molecular weight is 224 g/mol. The van der Waals surface area contributed by atoms with Gasteiger partial charge in [0.2, 0.25) is 5.56 Å². The molecular formula is C11H16N2O3. The zero-order valence-corrected chi connectivity index (χ0v) is 9.36. The molecule has 5 nitrogen and oxygen atoms in total. The van der Waals surface area contributed by atoms with Crippen molar-refractivity contribution in [2.24, 2.45) is 0 Å². The van der Waals surface area contributed by atoms with Crippen LogP contribution in [0, 0.1) is 0 Å². The van der Waals surface area contributed by atoms with Crippen molar-refractivity contribution in [2.75, 3.05) is 0 Å². The van der Waals surface area contributed by atoms with Gasteiger partial charge in [0, 0.05) is 18.3 Å². The summed E-state index contributed by atoms with van der Waals surface area (Å²) in [6, 6.07) is 2.65. The van der Waals surface area contributed by atoms with Crippen molar-refractivity contribution in [3.63, 3.8) is 0 Å². The lowest BCUT2D eigenvalue weighted by Crippen LogP contribution is -2.34. The van der Waals surface area contributed by atoms with Gasteiger partial charge in [0.25, 0.3) is 5.91 Å². The highest BCUT2D eigenvalue weighted by molar-refractivity contribution is 5.93. The number of aromatic nitrogens is 1.